The second-order valence-electron chi connectivity index (χ2n) is 2.47. The van der Waals surface area contributed by atoms with E-state index in [4.69, 9.17) is 10.9 Å². The van der Waals surface area contributed by atoms with Crippen molar-refractivity contribution in [2.24, 2.45) is 5.73 Å². The van der Waals surface area contributed by atoms with Crippen molar-refractivity contribution in [1.82, 2.24) is 0 Å². The van der Waals surface area contributed by atoms with E-state index in [0.29, 0.717) is 5.56 Å². The van der Waals surface area contributed by atoms with Gasteiger partial charge in [0, 0.05) is 22.9 Å². The lowest BCUT2D eigenvalue weighted by Gasteiger charge is -2.01. The molecule has 0 aliphatic rings. The molecule has 0 saturated carbocycles. The monoisotopic (exact) mass is 193 g/mol. The summed E-state index contributed by atoms with van der Waals surface area (Å²) in [6.45, 7) is 0.0820. The van der Waals surface area contributed by atoms with E-state index in [9.17, 15) is 13.2 Å². The van der Waals surface area contributed by atoms with Gasteiger partial charge in [0.1, 0.15) is 0 Å². The highest BCUT2D eigenvalue weighted by Gasteiger charge is 2.41. The summed E-state index contributed by atoms with van der Waals surface area (Å²) in [6.07, 6.45) is -3.62. The number of halogens is 3. The molecule has 0 radical (unpaired) electrons. The minimum absolute atomic E-state index is 0.0300. The highest BCUT2D eigenvalue weighted by molar-refractivity contribution is 5.10. The minimum atomic E-state index is -4.55. The van der Waals surface area contributed by atoms with Crippen LogP contribution in [0.3, 0.4) is 0 Å². The quantitative estimate of drug-likeness (QED) is 0.509. The number of hydrogen-bond donors (Lipinski definition) is 2. The lowest BCUT2D eigenvalue weighted by atomic mass is 10.2. The van der Waals surface area contributed by atoms with E-state index >= 15 is 0 Å². The number of rotatable bonds is 1. The van der Waals surface area contributed by atoms with Gasteiger partial charge in [0.15, 0.2) is 0 Å². The largest absolute Gasteiger partial charge is 0.482 e. The topological polar surface area (TPSA) is 50.1 Å². The first-order valence-corrected chi connectivity index (χ1v) is 3.46. The van der Waals surface area contributed by atoms with Crippen LogP contribution in [0.1, 0.15) is 11.3 Å². The number of aromatic nitrogens is 1. The van der Waals surface area contributed by atoms with Crippen LogP contribution in [0, 0.1) is 0 Å². The summed E-state index contributed by atoms with van der Waals surface area (Å²) in [4.78, 5) is 0. The van der Waals surface area contributed by atoms with Gasteiger partial charge in [-0.2, -0.15) is 13.2 Å². The molecule has 1 heterocycles. The third kappa shape index (κ3) is 2.09. The fourth-order valence-electron chi connectivity index (χ4n) is 0.877. The van der Waals surface area contributed by atoms with Gasteiger partial charge in [-0.1, -0.05) is 0 Å². The van der Waals surface area contributed by atoms with Crippen molar-refractivity contribution >= 4 is 0 Å². The molecule has 0 atom stereocenters. The van der Waals surface area contributed by atoms with E-state index < -0.39 is 11.9 Å². The highest BCUT2D eigenvalue weighted by atomic mass is 19.4. The highest BCUT2D eigenvalue weighted by Crippen LogP contribution is 2.25. The third-order valence-electron chi connectivity index (χ3n) is 1.52. The van der Waals surface area contributed by atoms with Crippen molar-refractivity contribution in [2.45, 2.75) is 12.7 Å². The Morgan fingerprint density at radius 3 is 2.38 bits per heavy atom. The Balaban J connectivity index is 3.13. The third-order valence-corrected chi connectivity index (χ3v) is 1.52. The summed E-state index contributed by atoms with van der Waals surface area (Å²) < 4.78 is 36.2. The summed E-state index contributed by atoms with van der Waals surface area (Å²) in [5, 5.41) is 8.90. The van der Waals surface area contributed by atoms with Gasteiger partial charge in [-0.05, 0) is 6.07 Å². The van der Waals surface area contributed by atoms with E-state index in [-0.39, 0.29) is 11.3 Å². The Morgan fingerprint density at radius 1 is 1.38 bits per heavy atom. The molecule has 0 spiro atoms. The van der Waals surface area contributed by atoms with Gasteiger partial charge in [-0.15, -0.1) is 0 Å². The molecule has 3 nitrogen and oxygen atoms in total. The Labute approximate surface area is 72.2 Å². The Hall–Kier alpha value is -1.30. The van der Waals surface area contributed by atoms with Crippen molar-refractivity contribution in [3.63, 3.8) is 0 Å². The van der Waals surface area contributed by atoms with Gasteiger partial charge in [0.05, 0.1) is 0 Å². The summed E-state index contributed by atoms with van der Waals surface area (Å²) in [7, 11) is 0. The van der Waals surface area contributed by atoms with E-state index in [0.717, 1.165) is 12.3 Å². The van der Waals surface area contributed by atoms with E-state index in [1.807, 2.05) is 0 Å². The summed E-state index contributed by atoms with van der Waals surface area (Å²) in [5.41, 5.74) is 4.48. The van der Waals surface area contributed by atoms with Crippen molar-refractivity contribution in [3.8, 4) is 0 Å². The second kappa shape index (κ2) is 3.21. The average molecular weight is 193 g/mol. The normalized spacial score (nSPS) is 11.7. The molecule has 0 bridgehead atoms. The molecule has 6 heteroatoms. The molecule has 72 valence electrons. The maximum atomic E-state index is 12.1. The molecule has 1 aromatic heterocycles. The van der Waals surface area contributed by atoms with E-state index in [1.54, 1.807) is 0 Å². The van der Waals surface area contributed by atoms with Crippen LogP contribution >= 0.6 is 0 Å². The van der Waals surface area contributed by atoms with Gasteiger partial charge in [-0.3, -0.25) is 5.21 Å². The van der Waals surface area contributed by atoms with Crippen LogP contribution in [-0.4, -0.2) is 5.21 Å². The molecule has 1 rings (SSSR count). The molecule has 13 heavy (non-hydrogen) atoms. The molecule has 1 aromatic rings. The first kappa shape index (κ1) is 9.79. The standard InChI is InChI=1S/C7H8F3N2O/c8-7(9,10)6-2-1-5(3-11)4-12(6)13/h1-2,4,13H,3,11H2/q+1. The van der Waals surface area contributed by atoms with Gasteiger partial charge in [0.2, 0.25) is 6.20 Å². The first-order valence-electron chi connectivity index (χ1n) is 3.46. The molecule has 0 unspecified atom stereocenters. The first-order chi connectivity index (χ1) is 5.95. The average Bonchev–Trinajstić information content (AvgIpc) is 2.01. The van der Waals surface area contributed by atoms with Crippen LogP contribution < -0.4 is 10.5 Å². The Bertz CT molecular complexity index is 311. The van der Waals surface area contributed by atoms with Crippen LogP contribution in [0.25, 0.3) is 0 Å². The van der Waals surface area contributed by atoms with Gasteiger partial charge in [0.25, 0.3) is 0 Å². The number of nitrogens with two attached hydrogens (primary N) is 1. The van der Waals surface area contributed by atoms with Gasteiger partial charge >= 0.3 is 11.9 Å². The molecular weight excluding hydrogens is 185 g/mol. The molecule has 3 N–H and O–H groups in total. The van der Waals surface area contributed by atoms with Crippen LogP contribution in [-0.2, 0) is 12.7 Å². The van der Waals surface area contributed by atoms with Crippen molar-refractivity contribution < 1.29 is 23.1 Å². The van der Waals surface area contributed by atoms with E-state index in [1.165, 1.54) is 6.07 Å². The zero-order valence-corrected chi connectivity index (χ0v) is 6.54. The minimum Gasteiger partial charge on any atom is -0.326 e. The van der Waals surface area contributed by atoms with Crippen LogP contribution in [0.4, 0.5) is 13.2 Å². The zero-order valence-electron chi connectivity index (χ0n) is 6.54. The Morgan fingerprint density at radius 2 is 2.00 bits per heavy atom. The van der Waals surface area contributed by atoms with Crippen molar-refractivity contribution in [1.29, 1.82) is 0 Å². The molecule has 0 fully saturated rings. The number of hydrogen-bond acceptors (Lipinski definition) is 2. The van der Waals surface area contributed by atoms with Gasteiger partial charge in [-0.25, -0.2) is 0 Å². The van der Waals surface area contributed by atoms with Crippen molar-refractivity contribution in [3.05, 3.63) is 29.6 Å². The molecule has 0 aromatic carbocycles. The molecule has 0 aliphatic heterocycles. The number of nitrogens with zero attached hydrogens (tertiary/aromatic N) is 1. The van der Waals surface area contributed by atoms with Crippen LogP contribution in [0.15, 0.2) is 18.3 Å². The number of alkyl halides is 3. The fraction of sp³-hybridized carbons (Fsp3) is 0.286. The molecular formula is C7H8F3N2O+. The maximum Gasteiger partial charge on any atom is 0.482 e. The summed E-state index contributed by atoms with van der Waals surface area (Å²) in [5.74, 6) is 0. The van der Waals surface area contributed by atoms with E-state index in [2.05, 4.69) is 0 Å². The smallest absolute Gasteiger partial charge is 0.326 e. The SMILES string of the molecule is NCc1ccc(C(F)(F)F)[n+](O)c1. The van der Waals surface area contributed by atoms with Crippen LogP contribution in [0.5, 0.6) is 0 Å². The lowest BCUT2D eigenvalue weighted by molar-refractivity contribution is -0.915. The Kier molecular flexibility index (Phi) is 2.42. The van der Waals surface area contributed by atoms with Crippen LogP contribution in [0.2, 0.25) is 0 Å². The summed E-state index contributed by atoms with van der Waals surface area (Å²) >= 11 is 0. The summed E-state index contributed by atoms with van der Waals surface area (Å²) in [6, 6.07) is 2.00. The lowest BCUT2D eigenvalue weighted by Crippen LogP contribution is -2.39. The molecule has 0 aliphatic carbocycles. The predicted octanol–water partition coefficient (Wildman–Crippen LogP) is 0.689. The fourth-order valence-corrected chi connectivity index (χ4v) is 0.877. The second-order valence-corrected chi connectivity index (χ2v) is 2.47. The van der Waals surface area contributed by atoms with Gasteiger partial charge < -0.3 is 5.73 Å². The number of pyridine rings is 1. The molecule has 0 saturated heterocycles. The zero-order chi connectivity index (χ0) is 10.1. The molecule has 0 amide bonds. The predicted molar refractivity (Wildman–Crippen MR) is 36.7 cm³/mol. The maximum absolute atomic E-state index is 12.1. The van der Waals surface area contributed by atoms with Crippen molar-refractivity contribution in [2.75, 3.05) is 0 Å².